The quantitative estimate of drug-likeness (QED) is 0.0268. The van der Waals surface area contributed by atoms with Gasteiger partial charge in [0.15, 0.2) is 5.78 Å². The van der Waals surface area contributed by atoms with E-state index in [0.717, 1.165) is 25.0 Å². The van der Waals surface area contributed by atoms with Crippen molar-refractivity contribution in [3.05, 3.63) is 143 Å². The number of urea groups is 1. The fourth-order valence-corrected chi connectivity index (χ4v) is 14.9. The Morgan fingerprint density at radius 1 is 0.812 bits per heavy atom. The molecule has 4 aliphatic rings. The number of unbranched alkanes of at least 4 members (excludes halogenated alkanes) is 3. The Kier molecular flexibility index (Phi) is 18.4. The minimum atomic E-state index is -4.30. The van der Waals surface area contributed by atoms with Crippen LogP contribution in [-0.2, 0) is 47.2 Å². The summed E-state index contributed by atoms with van der Waals surface area (Å²) in [5.41, 5.74) is 2.97. The highest BCUT2D eigenvalue weighted by atomic mass is 32.2. The van der Waals surface area contributed by atoms with Crippen molar-refractivity contribution in [2.75, 3.05) is 25.4 Å². The van der Waals surface area contributed by atoms with E-state index in [9.17, 15) is 45.9 Å². The van der Waals surface area contributed by atoms with Crippen molar-refractivity contribution in [1.29, 1.82) is 0 Å². The minimum absolute atomic E-state index is 0.00797. The largest absolute Gasteiger partial charge is 0.390 e. The number of aliphatic hydroxyl groups excluding tert-OH is 1. The van der Waals surface area contributed by atoms with Crippen LogP contribution in [0.25, 0.3) is 10.9 Å². The Labute approximate surface area is 469 Å². The minimum Gasteiger partial charge on any atom is -0.390 e. The lowest BCUT2D eigenvalue weighted by Gasteiger charge is -2.29. The molecule has 2 fully saturated rings. The van der Waals surface area contributed by atoms with Gasteiger partial charge in [-0.2, -0.15) is 16.1 Å². The summed E-state index contributed by atoms with van der Waals surface area (Å²) < 4.78 is 59.0. The molecule has 2 saturated heterocycles. The van der Waals surface area contributed by atoms with Gasteiger partial charge in [-0.25, -0.2) is 26.3 Å². The van der Waals surface area contributed by atoms with Crippen LogP contribution < -0.4 is 26.6 Å². The molecule has 0 radical (unpaired) electrons. The van der Waals surface area contributed by atoms with Crippen molar-refractivity contribution in [2.24, 2.45) is 0 Å². The second kappa shape index (κ2) is 25.6. The highest BCUT2D eigenvalue weighted by Crippen LogP contribution is 2.35. The van der Waals surface area contributed by atoms with Gasteiger partial charge in [0, 0.05) is 72.6 Å². The van der Waals surface area contributed by atoms with Crippen LogP contribution in [0.5, 0.6) is 0 Å². The van der Waals surface area contributed by atoms with E-state index in [2.05, 4.69) is 41.9 Å². The standard InChI is InChI=1S/C57H66N10O10S3/c1-36-32-66(80(76,77)43-25-23-42(24-26-43)79(74,75)50-16-11-14-45-44(36)27-29-59-53(45)50)34-48(68)37(2)67-33-41(64-65-67)31-60-56(72)46(30-38-19-21-40(22-20-38)55(71)39-12-5-3-6-13-39)61-52(70)18-7-4-10-28-58-51(69)17-9-8-15-49-54-47(35-78-49)62-57(73)63-54/h3,5-6,11-14,16,19-27,29,33,36-37,46-49,54,68H,4,7-10,15,17-18,28,30-32,34-35H2,1-2H3,(H,58,69)(H,60,72)(H,61,70)(H2,62,63,73)/t36?,37-,46-,47-,48?,49-,54-/m0/s1. The molecule has 0 saturated carbocycles. The second-order valence-electron chi connectivity index (χ2n) is 20.7. The van der Waals surface area contributed by atoms with Crippen LogP contribution in [0, 0.1) is 0 Å². The lowest BCUT2D eigenvalue weighted by Crippen LogP contribution is -2.47. The monoisotopic (exact) mass is 1150 g/mol. The number of fused-ring (bicyclic) bond motifs is 6. The molecule has 2 aromatic heterocycles. The molecular weight excluding hydrogens is 1080 g/mol. The Morgan fingerprint density at radius 2 is 1.54 bits per heavy atom. The molecule has 10 rings (SSSR count). The van der Waals surface area contributed by atoms with Gasteiger partial charge in [-0.05, 0) is 86.1 Å². The number of rotatable bonds is 23. The second-order valence-corrected chi connectivity index (χ2v) is 25.8. The molecule has 5 amide bonds. The summed E-state index contributed by atoms with van der Waals surface area (Å²) in [5.74, 6) is -0.588. The number of ketones is 1. The number of thioether (sulfide) groups is 1. The number of carbonyl (C=O) groups excluding carboxylic acids is 5. The molecule has 4 aliphatic heterocycles. The average molecular weight is 1150 g/mol. The third-order valence-corrected chi connectivity index (χ3v) is 20.2. The molecule has 6 heterocycles. The number of para-hydroxylation sites is 1. The molecule has 6 bridgehead atoms. The average Bonchev–Trinajstić information content (AvgIpc) is 4.30. The van der Waals surface area contributed by atoms with Gasteiger partial charge in [0.25, 0.3) is 0 Å². The van der Waals surface area contributed by atoms with E-state index >= 15 is 0 Å². The third kappa shape index (κ3) is 13.6. The summed E-state index contributed by atoms with van der Waals surface area (Å²) in [4.78, 5) is 68.9. The molecule has 7 atom stereocenters. The molecule has 23 heteroatoms. The van der Waals surface area contributed by atoms with Crippen LogP contribution in [0.4, 0.5) is 4.79 Å². The summed E-state index contributed by atoms with van der Waals surface area (Å²) in [6, 6.07) is 25.7. The zero-order valence-corrected chi connectivity index (χ0v) is 46.9. The van der Waals surface area contributed by atoms with Gasteiger partial charge in [-0.3, -0.25) is 24.2 Å². The first kappa shape index (κ1) is 57.6. The number of pyridine rings is 1. The highest BCUT2D eigenvalue weighted by molar-refractivity contribution is 8.00. The highest BCUT2D eigenvalue weighted by Gasteiger charge is 2.42. The summed E-state index contributed by atoms with van der Waals surface area (Å²) in [5, 5.41) is 35.7. The maximum atomic E-state index is 14.4. The van der Waals surface area contributed by atoms with Crippen LogP contribution in [0.1, 0.15) is 110 Å². The summed E-state index contributed by atoms with van der Waals surface area (Å²) >= 11 is 1.86. The zero-order chi connectivity index (χ0) is 56.6. The number of aromatic nitrogens is 4. The number of aliphatic hydroxyl groups is 1. The Balaban J connectivity index is 0.795. The van der Waals surface area contributed by atoms with Crippen LogP contribution in [-0.4, -0.2) is 131 Å². The molecule has 80 heavy (non-hydrogen) atoms. The van der Waals surface area contributed by atoms with Crippen LogP contribution >= 0.6 is 11.8 Å². The van der Waals surface area contributed by atoms with Gasteiger partial charge in [0.05, 0.1) is 57.2 Å². The number of amides is 5. The lowest BCUT2D eigenvalue weighted by atomic mass is 9.97. The Hall–Kier alpha value is -7.05. The van der Waals surface area contributed by atoms with Crippen molar-refractivity contribution in [3.8, 4) is 0 Å². The molecule has 4 aromatic carbocycles. The molecule has 0 aliphatic carbocycles. The number of nitrogens with zero attached hydrogens (tertiary/aromatic N) is 5. The van der Waals surface area contributed by atoms with Crippen LogP contribution in [0.15, 0.2) is 130 Å². The molecule has 422 valence electrons. The number of benzene rings is 4. The number of hydrogen-bond acceptors (Lipinski definition) is 14. The normalized spacial score (nSPS) is 20.3. The number of sulfonamides is 1. The summed E-state index contributed by atoms with van der Waals surface area (Å²) in [6.07, 6.45) is 6.85. The first-order chi connectivity index (χ1) is 38.5. The number of nitrogens with one attached hydrogen (secondary N) is 5. The van der Waals surface area contributed by atoms with Gasteiger partial charge in [0.1, 0.15) is 11.7 Å². The van der Waals surface area contributed by atoms with E-state index in [1.165, 1.54) is 51.7 Å². The van der Waals surface area contributed by atoms with Crippen molar-refractivity contribution < 1.29 is 45.9 Å². The topological polar surface area (TPSA) is 281 Å². The smallest absolute Gasteiger partial charge is 0.315 e. The van der Waals surface area contributed by atoms with Crippen molar-refractivity contribution >= 4 is 72.1 Å². The molecule has 6 aromatic rings. The van der Waals surface area contributed by atoms with Crippen molar-refractivity contribution in [3.63, 3.8) is 0 Å². The molecule has 20 nitrogen and oxygen atoms in total. The van der Waals surface area contributed by atoms with Gasteiger partial charge in [-0.15, -0.1) is 5.10 Å². The predicted octanol–water partition coefficient (Wildman–Crippen LogP) is 5.37. The molecule has 0 spiro atoms. The molecule has 6 N–H and O–H groups in total. The number of sulfone groups is 1. The van der Waals surface area contributed by atoms with E-state index in [1.54, 1.807) is 73.7 Å². The first-order valence-electron chi connectivity index (χ1n) is 27.0. The summed E-state index contributed by atoms with van der Waals surface area (Å²) in [7, 11) is -8.37. The van der Waals surface area contributed by atoms with E-state index < -0.39 is 49.9 Å². The maximum absolute atomic E-state index is 14.4. The molecule has 2 unspecified atom stereocenters. The summed E-state index contributed by atoms with van der Waals surface area (Å²) in [6.45, 7) is 3.42. The first-order valence-corrected chi connectivity index (χ1v) is 31.0. The SMILES string of the molecule is CC1CN(CC(O)[C@H](C)n2cc(CNC(=O)[C@H](Cc3ccc(C(=O)c4ccccc4)cc3)NC(=O)CCCCCNC(=O)CCCC[C@@H]3SC[C@@H]4NC(=O)N[C@@H]43)nn2)S(=O)(=O)c2ccc(cc2)S(=O)(=O)c2cccc3c1ccnc23. The number of carbonyl (C=O) groups is 5. The number of hydrogen-bond donors (Lipinski definition) is 6. The van der Waals surface area contributed by atoms with Gasteiger partial charge >= 0.3 is 6.03 Å². The maximum Gasteiger partial charge on any atom is 0.315 e. The fraction of sp³-hybridized carbons (Fsp3) is 0.404. The van der Waals surface area contributed by atoms with Gasteiger partial charge < -0.3 is 31.7 Å². The predicted molar refractivity (Wildman–Crippen MR) is 301 cm³/mol. The fourth-order valence-electron chi connectivity index (χ4n) is 10.4. The van der Waals surface area contributed by atoms with Crippen molar-refractivity contribution in [2.45, 2.75) is 134 Å². The van der Waals surface area contributed by atoms with Crippen LogP contribution in [0.2, 0.25) is 0 Å². The van der Waals surface area contributed by atoms with Gasteiger partial charge in [-0.1, -0.05) is 91.7 Å². The third-order valence-electron chi connectivity index (χ3n) is 15.0. The molecular formula is C57H66N10O10S3. The van der Waals surface area contributed by atoms with Crippen LogP contribution in [0.3, 0.4) is 0 Å². The van der Waals surface area contributed by atoms with E-state index in [1.807, 2.05) is 24.8 Å². The Morgan fingerprint density at radius 3 is 2.31 bits per heavy atom. The van der Waals surface area contributed by atoms with E-state index in [-0.39, 0.29) is 88.4 Å². The van der Waals surface area contributed by atoms with Gasteiger partial charge in [0.2, 0.25) is 37.6 Å². The van der Waals surface area contributed by atoms with Crippen molar-refractivity contribution in [1.82, 2.24) is 50.9 Å². The Bertz CT molecular complexity index is 3440. The van der Waals surface area contributed by atoms with E-state index in [4.69, 9.17) is 0 Å². The van der Waals surface area contributed by atoms with E-state index in [0.29, 0.717) is 70.8 Å². The zero-order valence-electron chi connectivity index (χ0n) is 44.5. The lowest BCUT2D eigenvalue weighted by molar-refractivity contribution is -0.129.